The zero-order chi connectivity index (χ0) is 8.43. The molecule has 0 spiro atoms. The summed E-state index contributed by atoms with van der Waals surface area (Å²) in [4.78, 5) is 27.1. The van der Waals surface area contributed by atoms with Gasteiger partial charge in [0.25, 0.3) is 11.5 Å². The van der Waals surface area contributed by atoms with Crippen molar-refractivity contribution in [1.29, 1.82) is 0 Å². The van der Waals surface area contributed by atoms with Gasteiger partial charge < -0.3 is 10.7 Å². The molecule has 0 saturated heterocycles. The summed E-state index contributed by atoms with van der Waals surface area (Å²) in [5, 5.41) is 0. The molecule has 1 amide bonds. The third kappa shape index (κ3) is 1.43. The van der Waals surface area contributed by atoms with Crippen LogP contribution in [0.3, 0.4) is 0 Å². The van der Waals surface area contributed by atoms with Crippen LogP contribution in [0.5, 0.6) is 0 Å². The number of nitrogens with two attached hydrogens (primary N) is 1. The molecule has 5 nitrogen and oxygen atoms in total. The quantitative estimate of drug-likeness (QED) is 0.552. The fourth-order valence-electron chi connectivity index (χ4n) is 0.706. The van der Waals surface area contributed by atoms with Gasteiger partial charge in [0.05, 0.1) is 11.9 Å². The van der Waals surface area contributed by atoms with E-state index < -0.39 is 11.5 Å². The van der Waals surface area contributed by atoms with E-state index in [0.29, 0.717) is 5.69 Å². The average Bonchev–Trinajstić information content (AvgIpc) is 1.94. The summed E-state index contributed by atoms with van der Waals surface area (Å²) < 4.78 is 0. The van der Waals surface area contributed by atoms with Crippen LogP contribution >= 0.6 is 0 Å². The minimum Gasteiger partial charge on any atom is -0.364 e. The highest BCUT2D eigenvalue weighted by atomic mass is 16.1. The smallest absolute Gasteiger partial charge is 0.267 e. The van der Waals surface area contributed by atoms with Crippen LogP contribution in [0.2, 0.25) is 0 Å². The maximum atomic E-state index is 10.6. The van der Waals surface area contributed by atoms with E-state index in [1.165, 1.54) is 0 Å². The Morgan fingerprint density at radius 2 is 2.36 bits per heavy atom. The normalized spacial score (nSPS) is 9.55. The van der Waals surface area contributed by atoms with Gasteiger partial charge in [0.1, 0.15) is 5.69 Å². The zero-order valence-corrected chi connectivity index (χ0v) is 5.92. The lowest BCUT2D eigenvalue weighted by molar-refractivity contribution is 0.0994. The lowest BCUT2D eigenvalue weighted by Crippen LogP contribution is -2.21. The van der Waals surface area contributed by atoms with E-state index in [-0.39, 0.29) is 5.69 Å². The molecular formula is C6H7N3O2. The minimum atomic E-state index is -0.673. The second-order valence-corrected chi connectivity index (χ2v) is 2.07. The highest BCUT2D eigenvalue weighted by Gasteiger charge is 2.05. The van der Waals surface area contributed by atoms with Gasteiger partial charge in [-0.2, -0.15) is 0 Å². The second kappa shape index (κ2) is 2.53. The molecule has 0 atom stereocenters. The highest BCUT2D eigenvalue weighted by molar-refractivity contribution is 5.91. The van der Waals surface area contributed by atoms with E-state index >= 15 is 0 Å². The molecule has 0 unspecified atom stereocenters. The molecule has 1 heterocycles. The monoisotopic (exact) mass is 153 g/mol. The van der Waals surface area contributed by atoms with Crippen LogP contribution in [0.25, 0.3) is 0 Å². The molecule has 0 saturated carbocycles. The number of H-pyrrole nitrogens is 1. The molecule has 11 heavy (non-hydrogen) atoms. The van der Waals surface area contributed by atoms with Gasteiger partial charge >= 0.3 is 0 Å². The van der Waals surface area contributed by atoms with Crippen LogP contribution in [0.4, 0.5) is 0 Å². The van der Waals surface area contributed by atoms with Crippen LogP contribution in [-0.2, 0) is 0 Å². The molecule has 0 aliphatic heterocycles. The van der Waals surface area contributed by atoms with E-state index in [1.807, 2.05) is 0 Å². The lowest BCUT2D eigenvalue weighted by Gasteiger charge is -1.96. The number of aryl methyl sites for hydroxylation is 1. The number of carbonyl (C=O) groups is 1. The predicted octanol–water partition coefficient (Wildman–Crippen LogP) is -0.823. The van der Waals surface area contributed by atoms with Crippen LogP contribution < -0.4 is 11.3 Å². The molecule has 3 N–H and O–H groups in total. The van der Waals surface area contributed by atoms with Gasteiger partial charge in [0.15, 0.2) is 0 Å². The summed E-state index contributed by atoms with van der Waals surface area (Å²) in [5.74, 6) is -0.673. The van der Waals surface area contributed by atoms with Gasteiger partial charge in [-0.1, -0.05) is 0 Å². The number of carbonyl (C=O) groups excluding carboxylic acids is 1. The Labute approximate surface area is 62.3 Å². The van der Waals surface area contributed by atoms with Crippen molar-refractivity contribution in [2.75, 3.05) is 0 Å². The van der Waals surface area contributed by atoms with Crippen molar-refractivity contribution in [2.24, 2.45) is 5.73 Å². The number of aromatic amines is 1. The molecular weight excluding hydrogens is 146 g/mol. The summed E-state index contributed by atoms with van der Waals surface area (Å²) in [6.45, 7) is 1.59. The first-order valence-electron chi connectivity index (χ1n) is 2.97. The third-order valence-corrected chi connectivity index (χ3v) is 1.23. The third-order valence-electron chi connectivity index (χ3n) is 1.23. The predicted molar refractivity (Wildman–Crippen MR) is 38.1 cm³/mol. The first-order valence-corrected chi connectivity index (χ1v) is 2.97. The molecule has 5 heteroatoms. The summed E-state index contributed by atoms with van der Waals surface area (Å²) in [6, 6.07) is 0. The van der Waals surface area contributed by atoms with Crippen LogP contribution in [-0.4, -0.2) is 15.9 Å². The zero-order valence-electron chi connectivity index (χ0n) is 5.92. The molecule has 0 aliphatic carbocycles. The fourth-order valence-corrected chi connectivity index (χ4v) is 0.706. The number of hydrogen-bond acceptors (Lipinski definition) is 3. The summed E-state index contributed by atoms with van der Waals surface area (Å²) in [6.07, 6.45) is 1.10. The van der Waals surface area contributed by atoms with Gasteiger partial charge in [-0.15, -0.1) is 0 Å². The summed E-state index contributed by atoms with van der Waals surface area (Å²) in [7, 11) is 0. The van der Waals surface area contributed by atoms with Gasteiger partial charge in [-0.25, -0.2) is 0 Å². The second-order valence-electron chi connectivity index (χ2n) is 2.07. The molecule has 58 valence electrons. The van der Waals surface area contributed by atoms with Gasteiger partial charge in [0, 0.05) is 0 Å². The number of rotatable bonds is 1. The highest BCUT2D eigenvalue weighted by Crippen LogP contribution is 1.93. The Bertz CT molecular complexity index is 342. The van der Waals surface area contributed by atoms with Crippen molar-refractivity contribution in [3.63, 3.8) is 0 Å². The van der Waals surface area contributed by atoms with Crippen molar-refractivity contribution >= 4 is 5.91 Å². The SMILES string of the molecule is Cc1ncc(=O)[nH]c1C(N)=O. The van der Waals surface area contributed by atoms with Crippen molar-refractivity contribution < 1.29 is 4.79 Å². The standard InChI is InChI=1S/C6H7N3O2/c1-3-5(6(7)11)9-4(10)2-8-3/h2H,1H3,(H2,7,11)(H,9,10). The maximum Gasteiger partial charge on any atom is 0.267 e. The van der Waals surface area contributed by atoms with E-state index in [1.54, 1.807) is 6.92 Å². The Kier molecular flexibility index (Phi) is 1.72. The minimum absolute atomic E-state index is 0.0671. The Balaban J connectivity index is 3.35. The van der Waals surface area contributed by atoms with E-state index in [9.17, 15) is 9.59 Å². The van der Waals surface area contributed by atoms with Crippen LogP contribution in [0.1, 0.15) is 16.2 Å². The van der Waals surface area contributed by atoms with Crippen LogP contribution in [0.15, 0.2) is 11.0 Å². The molecule has 0 bridgehead atoms. The first kappa shape index (κ1) is 7.46. The van der Waals surface area contributed by atoms with E-state index in [4.69, 9.17) is 5.73 Å². The van der Waals surface area contributed by atoms with Gasteiger partial charge in [-0.05, 0) is 6.92 Å². The number of nitrogens with zero attached hydrogens (tertiary/aromatic N) is 1. The Morgan fingerprint density at radius 3 is 2.82 bits per heavy atom. The lowest BCUT2D eigenvalue weighted by atomic mass is 10.3. The van der Waals surface area contributed by atoms with E-state index in [2.05, 4.69) is 9.97 Å². The molecule has 0 radical (unpaired) electrons. The largest absolute Gasteiger partial charge is 0.364 e. The Morgan fingerprint density at radius 1 is 1.73 bits per heavy atom. The van der Waals surface area contributed by atoms with Crippen molar-refractivity contribution in [3.8, 4) is 0 Å². The van der Waals surface area contributed by atoms with Crippen LogP contribution in [0, 0.1) is 6.92 Å². The number of amides is 1. The number of nitrogens with one attached hydrogen (secondary N) is 1. The maximum absolute atomic E-state index is 10.6. The molecule has 1 aromatic rings. The fraction of sp³-hybridized carbons (Fsp3) is 0.167. The van der Waals surface area contributed by atoms with Crippen molar-refractivity contribution in [2.45, 2.75) is 6.92 Å². The molecule has 0 fully saturated rings. The molecule has 0 aliphatic rings. The number of hydrogen-bond donors (Lipinski definition) is 2. The first-order chi connectivity index (χ1) is 5.11. The molecule has 1 rings (SSSR count). The molecule has 1 aromatic heterocycles. The average molecular weight is 153 g/mol. The molecule has 0 aromatic carbocycles. The van der Waals surface area contributed by atoms with Crippen molar-refractivity contribution in [1.82, 2.24) is 9.97 Å². The number of primary amides is 1. The Hall–Kier alpha value is -1.65. The summed E-state index contributed by atoms with van der Waals surface area (Å²) in [5.41, 5.74) is 5.00. The van der Waals surface area contributed by atoms with E-state index in [0.717, 1.165) is 6.20 Å². The summed E-state index contributed by atoms with van der Waals surface area (Å²) >= 11 is 0. The topological polar surface area (TPSA) is 88.8 Å². The van der Waals surface area contributed by atoms with Gasteiger partial charge in [0.2, 0.25) is 0 Å². The van der Waals surface area contributed by atoms with Crippen molar-refractivity contribution in [3.05, 3.63) is 27.9 Å². The van der Waals surface area contributed by atoms with Gasteiger partial charge in [-0.3, -0.25) is 14.6 Å². The number of aromatic nitrogens is 2.